The number of ether oxygens (including phenoxy) is 1. The molecule has 0 bridgehead atoms. The number of nitrogens with zero attached hydrogens (tertiary/aromatic N) is 3. The summed E-state index contributed by atoms with van der Waals surface area (Å²) < 4.78 is 8.48. The zero-order valence-corrected chi connectivity index (χ0v) is 18.6. The number of nitrogens with one attached hydrogen (secondary N) is 1. The molecule has 154 valence electrons. The van der Waals surface area contributed by atoms with E-state index in [4.69, 9.17) is 44.0 Å². The maximum absolute atomic E-state index is 12.7. The van der Waals surface area contributed by atoms with Crippen LogP contribution in [-0.4, -0.2) is 69.8 Å². The van der Waals surface area contributed by atoms with Crippen LogP contribution in [0.3, 0.4) is 0 Å². The predicted octanol–water partition coefficient (Wildman–Crippen LogP) is 3.42. The number of aromatic nitrogens is 2. The summed E-state index contributed by atoms with van der Waals surface area (Å²) in [5.41, 5.74) is 0. The summed E-state index contributed by atoms with van der Waals surface area (Å²) in [4.78, 5) is 26.6. The summed E-state index contributed by atoms with van der Waals surface area (Å²) in [6.07, 6.45) is -0.520. The molecule has 0 aliphatic rings. The second-order valence-electron chi connectivity index (χ2n) is 6.41. The molecule has 1 atom stereocenters. The first-order valence-electron chi connectivity index (χ1n) is 8.13. The average molecular weight is 462 g/mol. The third kappa shape index (κ3) is 10.4. The lowest BCUT2D eigenvalue weighted by Gasteiger charge is -2.18. The van der Waals surface area contributed by atoms with E-state index in [0.717, 1.165) is 12.3 Å². The minimum absolute atomic E-state index is 0.115. The summed E-state index contributed by atoms with van der Waals surface area (Å²) in [6, 6.07) is -0.895. The van der Waals surface area contributed by atoms with Gasteiger partial charge in [0.1, 0.15) is 12.6 Å². The van der Waals surface area contributed by atoms with Gasteiger partial charge in [0, 0.05) is 12.3 Å². The molecule has 1 aromatic rings. The summed E-state index contributed by atoms with van der Waals surface area (Å²) in [5, 5.41) is 10.4. The van der Waals surface area contributed by atoms with Crippen LogP contribution < -0.4 is 5.32 Å². The van der Waals surface area contributed by atoms with Gasteiger partial charge < -0.3 is 19.4 Å². The molecule has 0 aromatic carbocycles. The molecular formula is C15H23Cl3N4O4S. The number of hydrogen-bond donors (Lipinski definition) is 1. The Kier molecular flexibility index (Phi) is 10.2. The Morgan fingerprint density at radius 1 is 1.30 bits per heavy atom. The van der Waals surface area contributed by atoms with Crippen LogP contribution in [0.2, 0.25) is 0 Å². The first-order chi connectivity index (χ1) is 12.5. The van der Waals surface area contributed by atoms with Crippen molar-refractivity contribution in [3.05, 3.63) is 5.89 Å². The molecule has 0 fully saturated rings. The molecule has 0 spiro atoms. The molecule has 0 saturated heterocycles. The molecule has 0 saturated carbocycles. The second-order valence-corrected chi connectivity index (χ2v) is 9.97. The van der Waals surface area contributed by atoms with E-state index in [-0.39, 0.29) is 11.8 Å². The van der Waals surface area contributed by atoms with Gasteiger partial charge in [-0.15, -0.1) is 10.2 Å². The quantitative estimate of drug-likeness (QED) is 0.321. The molecule has 0 aliphatic heterocycles. The van der Waals surface area contributed by atoms with Gasteiger partial charge in [-0.1, -0.05) is 60.4 Å². The number of amides is 1. The van der Waals surface area contributed by atoms with Gasteiger partial charge in [-0.25, -0.2) is 4.79 Å². The molecule has 1 heterocycles. The van der Waals surface area contributed by atoms with Crippen LogP contribution in [0.15, 0.2) is 9.64 Å². The zero-order chi connectivity index (χ0) is 20.6. The van der Waals surface area contributed by atoms with Gasteiger partial charge >= 0.3 is 6.09 Å². The number of alkyl halides is 3. The van der Waals surface area contributed by atoms with Gasteiger partial charge in [0.25, 0.3) is 11.1 Å². The third-order valence-corrected chi connectivity index (χ3v) is 4.19. The zero-order valence-electron chi connectivity index (χ0n) is 15.5. The minimum atomic E-state index is -1.74. The Morgan fingerprint density at radius 2 is 1.96 bits per heavy atom. The molecule has 12 heteroatoms. The van der Waals surface area contributed by atoms with Crippen LogP contribution in [0, 0.1) is 5.92 Å². The number of alkyl carbamates (subject to hydrolysis) is 1. The number of thioether (sulfide) groups is 1. The monoisotopic (exact) mass is 460 g/mol. The predicted molar refractivity (Wildman–Crippen MR) is 106 cm³/mol. The van der Waals surface area contributed by atoms with Gasteiger partial charge in [-0.3, -0.25) is 4.79 Å². The van der Waals surface area contributed by atoms with Gasteiger partial charge in [0.2, 0.25) is 9.58 Å². The fraction of sp³-hybridized carbons (Fsp3) is 0.733. The van der Waals surface area contributed by atoms with Crippen LogP contribution in [0.5, 0.6) is 0 Å². The number of rotatable bonds is 10. The highest BCUT2D eigenvalue weighted by Gasteiger charge is 2.29. The van der Waals surface area contributed by atoms with Gasteiger partial charge in [0.05, 0.1) is 0 Å². The van der Waals surface area contributed by atoms with Crippen molar-refractivity contribution in [3.63, 3.8) is 0 Å². The van der Waals surface area contributed by atoms with Crippen molar-refractivity contribution in [3.8, 4) is 0 Å². The summed E-state index contributed by atoms with van der Waals surface area (Å²) in [6.45, 7) is 4.19. The van der Waals surface area contributed by atoms with Crippen molar-refractivity contribution in [2.24, 2.45) is 5.92 Å². The van der Waals surface area contributed by atoms with Crippen molar-refractivity contribution in [1.82, 2.24) is 20.4 Å². The Hall–Kier alpha value is -0.740. The molecule has 1 N–H and O–H groups in total. The molecule has 8 nitrogen and oxygen atoms in total. The third-order valence-electron chi connectivity index (χ3n) is 3.06. The van der Waals surface area contributed by atoms with E-state index >= 15 is 0 Å². The molecule has 27 heavy (non-hydrogen) atoms. The molecule has 0 aliphatic carbocycles. The number of hydrogen-bond acceptors (Lipinski definition) is 8. The first kappa shape index (κ1) is 24.3. The van der Waals surface area contributed by atoms with E-state index in [0.29, 0.717) is 11.6 Å². The highest BCUT2D eigenvalue weighted by atomic mass is 35.6. The van der Waals surface area contributed by atoms with Crippen molar-refractivity contribution in [2.75, 3.05) is 33.0 Å². The van der Waals surface area contributed by atoms with Crippen molar-refractivity contribution in [2.45, 2.75) is 35.3 Å². The Labute approximate surface area is 177 Å². The van der Waals surface area contributed by atoms with Crippen molar-refractivity contribution in [1.29, 1.82) is 0 Å². The van der Waals surface area contributed by atoms with Crippen molar-refractivity contribution < 1.29 is 18.7 Å². The number of carbonyl (C=O) groups is 2. The molecule has 1 unspecified atom stereocenters. The van der Waals surface area contributed by atoms with E-state index in [1.807, 2.05) is 32.8 Å². The van der Waals surface area contributed by atoms with Gasteiger partial charge in [-0.05, 0) is 26.4 Å². The van der Waals surface area contributed by atoms with Crippen LogP contribution >= 0.6 is 46.6 Å². The maximum Gasteiger partial charge on any atom is 0.407 e. The Bertz CT molecular complexity index is 622. The fourth-order valence-electron chi connectivity index (χ4n) is 1.87. The minimum Gasteiger partial charge on any atom is -0.445 e. The Morgan fingerprint density at radius 3 is 2.52 bits per heavy atom. The SMILES string of the molecule is CC(C)CC(NC(=O)OCC(Cl)(Cl)Cl)C(=O)c1nnc(SCCN(C)C)o1. The molecule has 0 radical (unpaired) electrons. The largest absolute Gasteiger partial charge is 0.445 e. The van der Waals surface area contributed by atoms with Gasteiger partial charge in [0.15, 0.2) is 0 Å². The lowest BCUT2D eigenvalue weighted by molar-refractivity contribution is 0.0870. The van der Waals surface area contributed by atoms with Crippen molar-refractivity contribution >= 4 is 58.4 Å². The lowest BCUT2D eigenvalue weighted by Crippen LogP contribution is -2.42. The number of ketones is 1. The average Bonchev–Trinajstić information content (AvgIpc) is 2.99. The molecule has 1 rings (SSSR count). The van der Waals surface area contributed by atoms with Crippen LogP contribution in [0.25, 0.3) is 0 Å². The normalized spacial score (nSPS) is 13.1. The fourth-order valence-corrected chi connectivity index (χ4v) is 2.90. The van der Waals surface area contributed by atoms with Crippen LogP contribution in [0.4, 0.5) is 4.79 Å². The smallest absolute Gasteiger partial charge is 0.407 e. The number of halogens is 3. The second kappa shape index (κ2) is 11.3. The van der Waals surface area contributed by atoms with Crippen LogP contribution in [0.1, 0.15) is 31.0 Å². The summed E-state index contributed by atoms with van der Waals surface area (Å²) >= 11 is 18.0. The highest BCUT2D eigenvalue weighted by Crippen LogP contribution is 2.26. The summed E-state index contributed by atoms with van der Waals surface area (Å²) in [7, 11) is 3.90. The molecule has 1 amide bonds. The maximum atomic E-state index is 12.7. The van der Waals surface area contributed by atoms with E-state index < -0.39 is 28.3 Å². The topological polar surface area (TPSA) is 97.6 Å². The Balaban J connectivity index is 2.71. The number of carbonyl (C=O) groups excluding carboxylic acids is 2. The molecular weight excluding hydrogens is 439 g/mol. The standard InChI is InChI=1S/C15H23Cl3N4O4S/c1-9(2)7-10(19-13(24)25-8-15(16,17)18)11(23)12-20-21-14(26-12)27-6-5-22(3)4/h9-10H,5-8H2,1-4H3,(H,19,24). The van der Waals surface area contributed by atoms with E-state index in [1.54, 1.807) is 0 Å². The van der Waals surface area contributed by atoms with E-state index in [9.17, 15) is 9.59 Å². The lowest BCUT2D eigenvalue weighted by atomic mass is 10.0. The highest BCUT2D eigenvalue weighted by molar-refractivity contribution is 7.99. The summed E-state index contributed by atoms with van der Waals surface area (Å²) in [5.74, 6) is 0.181. The van der Waals surface area contributed by atoms with Gasteiger partial charge in [-0.2, -0.15) is 0 Å². The van der Waals surface area contributed by atoms with E-state index in [1.165, 1.54) is 11.8 Å². The molecule has 1 aromatic heterocycles. The first-order valence-corrected chi connectivity index (χ1v) is 10.2. The van der Waals surface area contributed by atoms with E-state index in [2.05, 4.69) is 15.5 Å². The number of Topliss-reactive ketones (excluding diaryl/α,β-unsaturated/α-hetero) is 1. The van der Waals surface area contributed by atoms with Crippen LogP contribution in [-0.2, 0) is 4.74 Å².